The molecule has 2 aliphatic rings. The van der Waals surface area contributed by atoms with Crippen molar-refractivity contribution in [2.24, 2.45) is 0 Å². The van der Waals surface area contributed by atoms with E-state index >= 15 is 0 Å². The zero-order valence-corrected chi connectivity index (χ0v) is 11.7. The van der Waals surface area contributed by atoms with Gasteiger partial charge >= 0.3 is 0 Å². The van der Waals surface area contributed by atoms with Gasteiger partial charge in [0, 0.05) is 5.56 Å². The van der Waals surface area contributed by atoms with Crippen LogP contribution in [0.3, 0.4) is 0 Å². The lowest BCUT2D eigenvalue weighted by Crippen LogP contribution is -2.13. The van der Waals surface area contributed by atoms with E-state index in [1.165, 1.54) is 5.56 Å². The number of ketones is 1. The fourth-order valence-electron chi connectivity index (χ4n) is 2.75. The van der Waals surface area contributed by atoms with Crippen molar-refractivity contribution in [2.75, 3.05) is 0 Å². The Bertz CT molecular complexity index is 663. The molecule has 0 aromatic heterocycles. The topological polar surface area (TPSA) is 42.1 Å². The lowest BCUT2D eigenvalue weighted by molar-refractivity contribution is 0.0953. The Morgan fingerprint density at radius 2 is 1.62 bits per heavy atom. The fraction of sp³-hybridized carbons (Fsp3) is 0.278. The van der Waals surface area contributed by atoms with E-state index in [0.29, 0.717) is 5.56 Å². The average Bonchev–Trinajstić information content (AvgIpc) is 3.40. The number of carbonyl (C=O) groups is 1. The van der Waals surface area contributed by atoms with E-state index in [2.05, 4.69) is 31.2 Å². The molecule has 2 saturated heterocycles. The highest BCUT2D eigenvalue weighted by atomic mass is 16.7. The molecule has 3 heteroatoms. The molecule has 0 aliphatic carbocycles. The summed E-state index contributed by atoms with van der Waals surface area (Å²) in [6.07, 6.45) is -0.341. The summed E-state index contributed by atoms with van der Waals surface area (Å²) in [4.78, 5) is 12.3. The first kappa shape index (κ1) is 12.7. The minimum absolute atomic E-state index is 0.0189. The predicted molar refractivity (Wildman–Crippen MR) is 78.2 cm³/mol. The molecule has 0 bridgehead atoms. The Labute approximate surface area is 123 Å². The third kappa shape index (κ3) is 2.39. The number of hydrogen-bond acceptors (Lipinski definition) is 3. The number of hydrogen-bond donors (Lipinski definition) is 0. The monoisotopic (exact) mass is 280 g/mol. The fourth-order valence-corrected chi connectivity index (χ4v) is 2.75. The normalized spacial score (nSPS) is 30.0. The maximum absolute atomic E-state index is 12.3. The second kappa shape index (κ2) is 4.79. The summed E-state index contributed by atoms with van der Waals surface area (Å²) >= 11 is 0. The average molecular weight is 280 g/mol. The maximum atomic E-state index is 12.3. The van der Waals surface area contributed by atoms with Crippen molar-refractivity contribution in [1.82, 2.24) is 0 Å². The Hall–Kier alpha value is -1.97. The molecule has 4 atom stereocenters. The molecule has 2 fully saturated rings. The highest BCUT2D eigenvalue weighted by Crippen LogP contribution is 2.48. The zero-order valence-electron chi connectivity index (χ0n) is 11.7. The van der Waals surface area contributed by atoms with Gasteiger partial charge < -0.3 is 9.47 Å². The number of Topliss-reactive ketones (excluding diaryl/α,β-unsaturated/α-hetero) is 1. The van der Waals surface area contributed by atoms with Gasteiger partial charge in [0.25, 0.3) is 0 Å². The third-order valence-electron chi connectivity index (χ3n) is 4.10. The van der Waals surface area contributed by atoms with E-state index < -0.39 is 0 Å². The molecule has 0 saturated carbocycles. The van der Waals surface area contributed by atoms with E-state index in [4.69, 9.17) is 9.47 Å². The lowest BCUT2D eigenvalue weighted by atomic mass is 10.0. The molecule has 0 amide bonds. The molecule has 2 aromatic carbocycles. The molecule has 4 rings (SSSR count). The van der Waals surface area contributed by atoms with Crippen LogP contribution in [0.2, 0.25) is 0 Å². The molecule has 2 aromatic rings. The van der Waals surface area contributed by atoms with E-state index in [0.717, 1.165) is 5.56 Å². The summed E-state index contributed by atoms with van der Waals surface area (Å²) in [5.41, 5.74) is 3.10. The van der Waals surface area contributed by atoms with Crippen molar-refractivity contribution in [1.29, 1.82) is 0 Å². The van der Waals surface area contributed by atoms with Crippen LogP contribution in [0, 0.1) is 6.92 Å². The standard InChI is InChI=1S/C18H16O3/c1-11-7-9-13(10-8-11)15-17(20-15)18-16(21-18)14(19)12-5-3-2-4-6-12/h2-10,15-18H,1H3/t15-,16-,17+,18+/m1/s1. The molecule has 0 spiro atoms. The van der Waals surface area contributed by atoms with Crippen LogP contribution < -0.4 is 0 Å². The van der Waals surface area contributed by atoms with Crippen molar-refractivity contribution in [2.45, 2.75) is 31.3 Å². The van der Waals surface area contributed by atoms with Gasteiger partial charge in [-0.15, -0.1) is 0 Å². The predicted octanol–water partition coefficient (Wildman–Crippen LogP) is 3.09. The van der Waals surface area contributed by atoms with Gasteiger partial charge in [-0.1, -0.05) is 60.2 Å². The van der Waals surface area contributed by atoms with Gasteiger partial charge in [-0.25, -0.2) is 0 Å². The summed E-state index contributed by atoms with van der Waals surface area (Å²) in [5, 5.41) is 0. The van der Waals surface area contributed by atoms with Gasteiger partial charge in [0.05, 0.1) is 0 Å². The highest BCUT2D eigenvalue weighted by molar-refractivity contribution is 6.01. The van der Waals surface area contributed by atoms with Crippen LogP contribution in [0.25, 0.3) is 0 Å². The first-order valence-corrected chi connectivity index (χ1v) is 7.21. The first-order valence-electron chi connectivity index (χ1n) is 7.21. The number of rotatable bonds is 4. The van der Waals surface area contributed by atoms with E-state index in [9.17, 15) is 4.79 Å². The van der Waals surface area contributed by atoms with Crippen LogP contribution in [0.4, 0.5) is 0 Å². The quantitative estimate of drug-likeness (QED) is 0.638. The summed E-state index contributed by atoms with van der Waals surface area (Å²) < 4.78 is 11.3. The summed E-state index contributed by atoms with van der Waals surface area (Å²) in [5.74, 6) is 0.0544. The van der Waals surface area contributed by atoms with Gasteiger partial charge in [-0.05, 0) is 12.5 Å². The van der Waals surface area contributed by atoms with Gasteiger partial charge in [0.15, 0.2) is 5.78 Å². The maximum Gasteiger partial charge on any atom is 0.194 e. The van der Waals surface area contributed by atoms with Crippen molar-refractivity contribution < 1.29 is 14.3 Å². The number of benzene rings is 2. The van der Waals surface area contributed by atoms with Crippen molar-refractivity contribution >= 4 is 5.78 Å². The van der Waals surface area contributed by atoms with Crippen LogP contribution in [0.5, 0.6) is 0 Å². The Balaban J connectivity index is 1.40. The summed E-state index contributed by atoms with van der Waals surface area (Å²) in [7, 11) is 0. The zero-order chi connectivity index (χ0) is 14.4. The van der Waals surface area contributed by atoms with Crippen molar-refractivity contribution in [3.05, 3.63) is 71.3 Å². The second-order valence-electron chi connectivity index (χ2n) is 5.68. The molecule has 21 heavy (non-hydrogen) atoms. The third-order valence-corrected chi connectivity index (χ3v) is 4.10. The molecule has 0 radical (unpaired) electrons. The van der Waals surface area contributed by atoms with E-state index in [-0.39, 0.29) is 30.2 Å². The molecule has 3 nitrogen and oxygen atoms in total. The van der Waals surface area contributed by atoms with Crippen LogP contribution in [0.1, 0.15) is 27.6 Å². The molecule has 2 heterocycles. The number of carbonyl (C=O) groups excluding carboxylic acids is 1. The van der Waals surface area contributed by atoms with Gasteiger partial charge in [0.2, 0.25) is 0 Å². The SMILES string of the molecule is Cc1ccc([C@H]2O[C@@H]2[C@H]2O[C@@H]2C(=O)c2ccccc2)cc1. The van der Waals surface area contributed by atoms with Crippen molar-refractivity contribution in [3.8, 4) is 0 Å². The minimum Gasteiger partial charge on any atom is -0.362 e. The minimum atomic E-state index is -0.340. The second-order valence-corrected chi connectivity index (χ2v) is 5.68. The first-order chi connectivity index (χ1) is 10.2. The Kier molecular flexibility index (Phi) is 2.91. The lowest BCUT2D eigenvalue weighted by Gasteiger charge is -1.97. The van der Waals surface area contributed by atoms with E-state index in [1.54, 1.807) is 0 Å². The van der Waals surface area contributed by atoms with Crippen LogP contribution in [-0.4, -0.2) is 24.1 Å². The van der Waals surface area contributed by atoms with E-state index in [1.807, 2.05) is 30.3 Å². The van der Waals surface area contributed by atoms with Crippen molar-refractivity contribution in [3.63, 3.8) is 0 Å². The number of epoxide rings is 2. The molecule has 0 unspecified atom stereocenters. The summed E-state index contributed by atoms with van der Waals surface area (Å²) in [6.45, 7) is 2.06. The molecular weight excluding hydrogens is 264 g/mol. The van der Waals surface area contributed by atoms with Crippen LogP contribution >= 0.6 is 0 Å². The van der Waals surface area contributed by atoms with Gasteiger partial charge in [-0.2, -0.15) is 0 Å². The Morgan fingerprint density at radius 1 is 0.905 bits per heavy atom. The number of ether oxygens (including phenoxy) is 2. The Morgan fingerprint density at radius 3 is 2.33 bits per heavy atom. The van der Waals surface area contributed by atoms with Gasteiger partial charge in [-0.3, -0.25) is 4.79 Å². The van der Waals surface area contributed by atoms with Crippen LogP contribution in [0.15, 0.2) is 54.6 Å². The molecule has 2 aliphatic heterocycles. The molecular formula is C18H16O3. The largest absolute Gasteiger partial charge is 0.362 e. The number of aryl methyl sites for hydroxylation is 1. The van der Waals surface area contributed by atoms with Crippen LogP contribution in [-0.2, 0) is 9.47 Å². The smallest absolute Gasteiger partial charge is 0.194 e. The summed E-state index contributed by atoms with van der Waals surface area (Å²) in [6, 6.07) is 17.6. The highest BCUT2D eigenvalue weighted by Gasteiger charge is 2.60. The molecule has 106 valence electrons. The molecule has 0 N–H and O–H groups in total. The van der Waals surface area contributed by atoms with Gasteiger partial charge in [0.1, 0.15) is 24.4 Å².